The highest BCUT2D eigenvalue weighted by Crippen LogP contribution is 2.45. The fraction of sp³-hybridized carbons (Fsp3) is 0.367. The van der Waals surface area contributed by atoms with E-state index in [1.807, 2.05) is 6.08 Å². The van der Waals surface area contributed by atoms with Gasteiger partial charge in [0.2, 0.25) is 0 Å². The SMILES string of the molecule is O=C(OCC(=O)N1N=C2C(=Cc3ccc(F)cc3)CCCC2C1c1ccc(F)cc1)C1CC2C=CC1C2. The Morgan fingerprint density at radius 2 is 1.73 bits per heavy atom. The third kappa shape index (κ3) is 4.63. The summed E-state index contributed by atoms with van der Waals surface area (Å²) in [5, 5.41) is 6.18. The number of fused-ring (bicyclic) bond motifs is 3. The smallest absolute Gasteiger partial charge is 0.310 e. The van der Waals surface area contributed by atoms with Crippen LogP contribution in [-0.2, 0) is 14.3 Å². The van der Waals surface area contributed by atoms with Gasteiger partial charge in [-0.2, -0.15) is 5.10 Å². The lowest BCUT2D eigenvalue weighted by atomic mass is 9.77. The predicted octanol–water partition coefficient (Wildman–Crippen LogP) is 5.84. The molecule has 4 aliphatic rings. The van der Waals surface area contributed by atoms with Gasteiger partial charge < -0.3 is 4.74 Å². The molecule has 5 atom stereocenters. The highest BCUT2D eigenvalue weighted by molar-refractivity contribution is 6.08. The number of carbonyl (C=O) groups is 2. The highest BCUT2D eigenvalue weighted by Gasteiger charge is 2.45. The summed E-state index contributed by atoms with van der Waals surface area (Å²) in [4.78, 5) is 26.1. The van der Waals surface area contributed by atoms with Crippen LogP contribution in [0.3, 0.4) is 0 Å². The van der Waals surface area contributed by atoms with Crippen molar-refractivity contribution in [3.05, 3.63) is 89.0 Å². The molecule has 5 unspecified atom stereocenters. The number of amides is 1. The molecule has 0 N–H and O–H groups in total. The number of benzene rings is 2. The zero-order chi connectivity index (χ0) is 25.5. The van der Waals surface area contributed by atoms with Gasteiger partial charge in [-0.3, -0.25) is 9.59 Å². The van der Waals surface area contributed by atoms with E-state index >= 15 is 0 Å². The van der Waals surface area contributed by atoms with Crippen LogP contribution in [0.25, 0.3) is 6.08 Å². The van der Waals surface area contributed by atoms with Crippen molar-refractivity contribution in [3.63, 3.8) is 0 Å². The predicted molar refractivity (Wildman–Crippen MR) is 135 cm³/mol. The Labute approximate surface area is 214 Å². The number of nitrogens with zero attached hydrogens (tertiary/aromatic N) is 2. The molecule has 6 rings (SSSR count). The first-order valence-electron chi connectivity index (χ1n) is 12.9. The van der Waals surface area contributed by atoms with Crippen LogP contribution in [0.2, 0.25) is 0 Å². The molecule has 2 fully saturated rings. The minimum absolute atomic E-state index is 0.0683. The molecule has 1 amide bonds. The van der Waals surface area contributed by atoms with Crippen LogP contribution in [0.15, 0.2) is 71.4 Å². The van der Waals surface area contributed by atoms with Gasteiger partial charge in [-0.05, 0) is 91.0 Å². The van der Waals surface area contributed by atoms with Crippen LogP contribution in [0.5, 0.6) is 0 Å². The maximum atomic E-state index is 13.7. The molecule has 0 aromatic heterocycles. The average molecular weight is 503 g/mol. The number of hydrogen-bond donors (Lipinski definition) is 0. The van der Waals surface area contributed by atoms with Gasteiger partial charge >= 0.3 is 5.97 Å². The van der Waals surface area contributed by atoms with E-state index in [1.54, 1.807) is 24.3 Å². The molecule has 1 aliphatic heterocycles. The highest BCUT2D eigenvalue weighted by atomic mass is 19.1. The summed E-state index contributed by atoms with van der Waals surface area (Å²) < 4.78 is 32.6. The lowest BCUT2D eigenvalue weighted by Crippen LogP contribution is -2.35. The normalized spacial score (nSPS) is 28.9. The van der Waals surface area contributed by atoms with E-state index in [0.29, 0.717) is 5.92 Å². The molecule has 0 radical (unpaired) electrons. The van der Waals surface area contributed by atoms with Crippen molar-refractivity contribution >= 4 is 23.7 Å². The quantitative estimate of drug-likeness (QED) is 0.381. The third-order valence-corrected chi connectivity index (χ3v) is 8.10. The Kier molecular flexibility index (Phi) is 6.22. The van der Waals surface area contributed by atoms with Crippen molar-refractivity contribution in [2.24, 2.45) is 28.8 Å². The molecule has 7 heteroatoms. The molecule has 2 aromatic rings. The summed E-state index contributed by atoms with van der Waals surface area (Å²) >= 11 is 0. The summed E-state index contributed by atoms with van der Waals surface area (Å²) in [5.41, 5.74) is 3.45. The zero-order valence-corrected chi connectivity index (χ0v) is 20.4. The molecule has 2 aromatic carbocycles. The molecular weight excluding hydrogens is 474 g/mol. The van der Waals surface area contributed by atoms with Crippen LogP contribution in [0.4, 0.5) is 8.78 Å². The zero-order valence-electron chi connectivity index (χ0n) is 20.4. The molecule has 0 spiro atoms. The van der Waals surface area contributed by atoms with Crippen LogP contribution in [0.1, 0.15) is 49.3 Å². The van der Waals surface area contributed by atoms with Crippen molar-refractivity contribution < 1.29 is 23.1 Å². The summed E-state index contributed by atoms with van der Waals surface area (Å²) in [7, 11) is 0. The van der Waals surface area contributed by atoms with E-state index < -0.39 is 11.9 Å². The maximum absolute atomic E-state index is 13.7. The fourth-order valence-electron chi connectivity index (χ4n) is 6.32. The minimum Gasteiger partial charge on any atom is -0.455 e. The first kappa shape index (κ1) is 23.8. The maximum Gasteiger partial charge on any atom is 0.310 e. The molecule has 0 saturated heterocycles. The summed E-state index contributed by atoms with van der Waals surface area (Å²) in [6, 6.07) is 12.0. The van der Waals surface area contributed by atoms with Gasteiger partial charge in [0, 0.05) is 5.92 Å². The lowest BCUT2D eigenvalue weighted by Gasteiger charge is -2.29. The second-order valence-electron chi connectivity index (χ2n) is 10.4. The van der Waals surface area contributed by atoms with Crippen molar-refractivity contribution in [2.45, 2.75) is 38.1 Å². The monoisotopic (exact) mass is 502 g/mol. The Morgan fingerprint density at radius 1 is 1.00 bits per heavy atom. The van der Waals surface area contributed by atoms with Crippen LogP contribution in [-0.4, -0.2) is 29.2 Å². The van der Waals surface area contributed by atoms with Gasteiger partial charge in [-0.25, -0.2) is 13.8 Å². The van der Waals surface area contributed by atoms with Crippen LogP contribution < -0.4 is 0 Å². The number of esters is 1. The molecule has 37 heavy (non-hydrogen) atoms. The third-order valence-electron chi connectivity index (χ3n) is 8.10. The summed E-state index contributed by atoms with van der Waals surface area (Å²) in [6.07, 6.45) is 10.5. The largest absolute Gasteiger partial charge is 0.455 e. The lowest BCUT2D eigenvalue weighted by molar-refractivity contribution is -0.157. The van der Waals surface area contributed by atoms with Gasteiger partial charge in [0.15, 0.2) is 6.61 Å². The molecule has 3 aliphatic carbocycles. The average Bonchev–Trinajstić information content (AvgIpc) is 3.64. The van der Waals surface area contributed by atoms with E-state index in [9.17, 15) is 18.4 Å². The first-order valence-corrected chi connectivity index (χ1v) is 12.9. The minimum atomic E-state index is -0.413. The second-order valence-corrected chi connectivity index (χ2v) is 10.4. The number of ether oxygens (including phenoxy) is 1. The van der Waals surface area contributed by atoms with Gasteiger partial charge in [0.25, 0.3) is 5.91 Å². The van der Waals surface area contributed by atoms with Gasteiger partial charge in [0.1, 0.15) is 11.6 Å². The van der Waals surface area contributed by atoms with Crippen molar-refractivity contribution in [1.29, 1.82) is 0 Å². The number of hydrogen-bond acceptors (Lipinski definition) is 4. The first-order chi connectivity index (χ1) is 18.0. The Morgan fingerprint density at radius 3 is 2.41 bits per heavy atom. The fourth-order valence-corrected chi connectivity index (χ4v) is 6.32. The van der Waals surface area contributed by atoms with Crippen molar-refractivity contribution in [2.75, 3.05) is 6.61 Å². The van der Waals surface area contributed by atoms with Gasteiger partial charge in [0.05, 0.1) is 17.7 Å². The number of halogens is 2. The Hall–Kier alpha value is -3.61. The number of hydrazone groups is 1. The van der Waals surface area contributed by atoms with Crippen LogP contribution in [0, 0.1) is 35.3 Å². The van der Waals surface area contributed by atoms with Crippen molar-refractivity contribution in [3.8, 4) is 0 Å². The van der Waals surface area contributed by atoms with E-state index in [-0.39, 0.29) is 42.0 Å². The van der Waals surface area contributed by atoms with Gasteiger partial charge in [-0.15, -0.1) is 0 Å². The summed E-state index contributed by atoms with van der Waals surface area (Å²) in [5.74, 6) is -1.00. The topological polar surface area (TPSA) is 59.0 Å². The van der Waals surface area contributed by atoms with Crippen LogP contribution >= 0.6 is 0 Å². The number of allylic oxidation sites excluding steroid dienone is 3. The van der Waals surface area contributed by atoms with E-state index in [0.717, 1.165) is 54.5 Å². The molecule has 2 saturated carbocycles. The molecule has 2 bridgehead atoms. The van der Waals surface area contributed by atoms with E-state index in [2.05, 4.69) is 12.2 Å². The number of carbonyl (C=O) groups excluding carboxylic acids is 2. The Balaban J connectivity index is 1.26. The summed E-state index contributed by atoms with van der Waals surface area (Å²) in [6.45, 7) is -0.380. The molecule has 5 nitrogen and oxygen atoms in total. The van der Waals surface area contributed by atoms with E-state index in [4.69, 9.17) is 9.84 Å². The second kappa shape index (κ2) is 9.69. The molecule has 1 heterocycles. The molecular formula is C30H28F2N2O3. The van der Waals surface area contributed by atoms with Gasteiger partial charge in [-0.1, -0.05) is 36.4 Å². The Bertz CT molecular complexity index is 1300. The number of rotatable bonds is 5. The molecule has 190 valence electrons. The van der Waals surface area contributed by atoms with Crippen molar-refractivity contribution in [1.82, 2.24) is 5.01 Å². The standard InChI is InChI=1S/C30H28F2N2O3/c31-23-10-5-18(6-11-23)14-22-2-1-3-25-28(22)33-34(29(25)20-8-12-24(32)13-9-20)27(35)17-37-30(36)26-16-19-4-7-21(26)15-19/h4-14,19,21,25-26,29H,1-3,15-17H2. The van der Waals surface area contributed by atoms with E-state index in [1.165, 1.54) is 29.3 Å².